The van der Waals surface area contributed by atoms with Crippen molar-refractivity contribution in [2.24, 2.45) is 0 Å². The molecule has 2 aromatic rings. The van der Waals surface area contributed by atoms with Crippen LogP contribution in [-0.4, -0.2) is 18.8 Å². The van der Waals surface area contributed by atoms with Crippen LogP contribution in [0.4, 0.5) is 0 Å². The number of hydrogen-bond donors (Lipinski definition) is 0. The number of allylic oxidation sites excluding steroid dienone is 1. The molecule has 1 aliphatic rings. The predicted octanol–water partition coefficient (Wildman–Crippen LogP) is 4.69. The predicted molar refractivity (Wildman–Crippen MR) is 89.2 cm³/mol. The van der Waals surface area contributed by atoms with Gasteiger partial charge in [-0.15, -0.1) is 0 Å². The fourth-order valence-corrected chi connectivity index (χ4v) is 3.33. The van der Waals surface area contributed by atoms with Crippen LogP contribution < -0.4 is 9.47 Å². The highest BCUT2D eigenvalue weighted by Gasteiger charge is 2.24. The molecule has 0 aliphatic carbocycles. The minimum absolute atomic E-state index is 0.133. The molecule has 2 aromatic carbocycles. The average molecular weight is 333 g/mol. The van der Waals surface area contributed by atoms with Crippen molar-refractivity contribution in [2.75, 3.05) is 13.0 Å². The second kappa shape index (κ2) is 6.46. The summed E-state index contributed by atoms with van der Waals surface area (Å²) < 4.78 is 10.8. The summed E-state index contributed by atoms with van der Waals surface area (Å²) in [6.45, 7) is 0. The van der Waals surface area contributed by atoms with Crippen LogP contribution in [0.15, 0.2) is 47.4 Å². The maximum absolute atomic E-state index is 12.6. The molecule has 0 saturated carbocycles. The summed E-state index contributed by atoms with van der Waals surface area (Å²) >= 11 is 7.59. The average Bonchev–Trinajstić information content (AvgIpc) is 3.01. The molecule has 0 amide bonds. The third-order valence-electron chi connectivity index (χ3n) is 3.29. The van der Waals surface area contributed by atoms with Crippen molar-refractivity contribution in [1.82, 2.24) is 0 Å². The number of carbonyl (C=O) groups is 1. The summed E-state index contributed by atoms with van der Waals surface area (Å²) in [5.74, 6) is 1.65. The second-order valence-corrected chi connectivity index (χ2v) is 5.94. The van der Waals surface area contributed by atoms with Crippen molar-refractivity contribution in [3.05, 3.63) is 58.6 Å². The van der Waals surface area contributed by atoms with Gasteiger partial charge in [-0.1, -0.05) is 41.6 Å². The molecule has 1 heterocycles. The molecule has 0 radical (unpaired) electrons. The number of benzene rings is 2. The molecule has 1 aliphatic heterocycles. The number of hydrogen-bond acceptors (Lipinski definition) is 4. The van der Waals surface area contributed by atoms with E-state index in [1.54, 1.807) is 25.3 Å². The van der Waals surface area contributed by atoms with Gasteiger partial charge < -0.3 is 9.47 Å². The van der Waals surface area contributed by atoms with Crippen molar-refractivity contribution in [1.29, 1.82) is 0 Å². The van der Waals surface area contributed by atoms with E-state index in [-0.39, 0.29) is 5.78 Å². The molecular weight excluding hydrogens is 320 g/mol. The van der Waals surface area contributed by atoms with Crippen LogP contribution in [0.25, 0.3) is 6.08 Å². The van der Waals surface area contributed by atoms with Crippen molar-refractivity contribution < 1.29 is 14.3 Å². The Kier molecular flexibility index (Phi) is 4.41. The van der Waals surface area contributed by atoms with E-state index in [0.717, 1.165) is 16.2 Å². The summed E-state index contributed by atoms with van der Waals surface area (Å²) in [6.07, 6.45) is 3.22. The first-order valence-corrected chi connectivity index (χ1v) is 8.00. The zero-order valence-electron chi connectivity index (χ0n) is 11.8. The lowest BCUT2D eigenvalue weighted by Crippen LogP contribution is -2.01. The first-order chi connectivity index (χ1) is 10.7. The molecule has 0 atom stereocenters. The Balaban J connectivity index is 1.96. The first kappa shape index (κ1) is 15.0. The van der Waals surface area contributed by atoms with Crippen LogP contribution in [0, 0.1) is 0 Å². The number of fused-ring (bicyclic) bond motifs is 1. The van der Waals surface area contributed by atoms with Gasteiger partial charge in [-0.3, -0.25) is 4.79 Å². The zero-order valence-corrected chi connectivity index (χ0v) is 13.4. The zero-order chi connectivity index (χ0) is 15.5. The lowest BCUT2D eigenvalue weighted by Gasteiger charge is -2.09. The Bertz CT molecular complexity index is 756. The van der Waals surface area contributed by atoms with Gasteiger partial charge in [0.25, 0.3) is 0 Å². The molecule has 0 N–H and O–H groups in total. The summed E-state index contributed by atoms with van der Waals surface area (Å²) in [4.78, 5) is 13.4. The largest absolute Gasteiger partial charge is 0.496 e. The molecule has 22 heavy (non-hydrogen) atoms. The monoisotopic (exact) mass is 332 g/mol. The highest BCUT2D eigenvalue weighted by atomic mass is 35.5. The van der Waals surface area contributed by atoms with E-state index < -0.39 is 0 Å². The third kappa shape index (κ3) is 2.85. The number of ether oxygens (including phenoxy) is 2. The van der Waals surface area contributed by atoms with Crippen molar-refractivity contribution in [3.8, 4) is 11.5 Å². The Hall–Kier alpha value is -1.91. The van der Waals surface area contributed by atoms with Crippen LogP contribution >= 0.6 is 23.4 Å². The maximum atomic E-state index is 12.6. The van der Waals surface area contributed by atoms with E-state index in [1.165, 1.54) is 17.8 Å². The first-order valence-electron chi connectivity index (χ1n) is 6.64. The van der Waals surface area contributed by atoms with Crippen LogP contribution in [0.2, 0.25) is 5.02 Å². The fraction of sp³-hybridized carbons (Fsp3) is 0.118. The fourth-order valence-electron chi connectivity index (χ4n) is 2.22. The van der Waals surface area contributed by atoms with E-state index in [1.807, 2.05) is 24.3 Å². The number of ketones is 1. The Morgan fingerprint density at radius 2 is 2.14 bits per heavy atom. The van der Waals surface area contributed by atoms with Crippen LogP contribution in [0.1, 0.15) is 15.9 Å². The Morgan fingerprint density at radius 1 is 1.32 bits per heavy atom. The maximum Gasteiger partial charge on any atom is 0.190 e. The normalized spacial score (nSPS) is 13.0. The topological polar surface area (TPSA) is 35.5 Å². The number of rotatable bonds is 4. The number of carbonyl (C=O) groups excluding carboxylic acids is 1. The Labute approximate surface area is 137 Å². The lowest BCUT2D eigenvalue weighted by atomic mass is 10.1. The molecule has 0 aromatic heterocycles. The van der Waals surface area contributed by atoms with E-state index >= 15 is 0 Å². The van der Waals surface area contributed by atoms with Gasteiger partial charge in [-0.05, 0) is 35.9 Å². The highest BCUT2D eigenvalue weighted by Crippen LogP contribution is 2.43. The molecular formula is C17H13ClO3S. The van der Waals surface area contributed by atoms with E-state index in [0.29, 0.717) is 22.3 Å². The summed E-state index contributed by atoms with van der Waals surface area (Å²) in [6, 6.07) is 10.9. The quantitative estimate of drug-likeness (QED) is 0.601. The number of methoxy groups -OCH3 is 1. The van der Waals surface area contributed by atoms with Gasteiger partial charge in [0.15, 0.2) is 5.78 Å². The summed E-state index contributed by atoms with van der Waals surface area (Å²) in [5, 5.41) is 0.606. The standard InChI is InChI=1S/C17H13ClO3S/c1-20-14-8-9-15-17(22-10-21-15)16(14)13(19)7-6-11-4-2-3-5-12(11)18/h2-9H,10H2,1H3. The van der Waals surface area contributed by atoms with Gasteiger partial charge in [0.05, 0.1) is 17.6 Å². The van der Waals surface area contributed by atoms with E-state index in [9.17, 15) is 4.79 Å². The molecule has 0 unspecified atom stereocenters. The van der Waals surface area contributed by atoms with Gasteiger partial charge in [0, 0.05) is 5.02 Å². The summed E-state index contributed by atoms with van der Waals surface area (Å²) in [7, 11) is 1.55. The van der Waals surface area contributed by atoms with Gasteiger partial charge in [0.1, 0.15) is 17.4 Å². The molecule has 5 heteroatoms. The molecule has 0 bridgehead atoms. The van der Waals surface area contributed by atoms with Gasteiger partial charge in [0.2, 0.25) is 0 Å². The van der Waals surface area contributed by atoms with Gasteiger partial charge in [-0.2, -0.15) is 0 Å². The SMILES string of the molecule is COc1ccc2c(c1C(=O)C=Cc1ccccc1Cl)SCO2. The van der Waals surface area contributed by atoms with Crippen molar-refractivity contribution >= 4 is 35.2 Å². The van der Waals surface area contributed by atoms with Gasteiger partial charge >= 0.3 is 0 Å². The number of thioether (sulfide) groups is 1. The minimum Gasteiger partial charge on any atom is -0.496 e. The molecule has 0 fully saturated rings. The second-order valence-electron chi connectivity index (χ2n) is 4.60. The molecule has 3 nitrogen and oxygen atoms in total. The summed E-state index contributed by atoms with van der Waals surface area (Å²) in [5.41, 5.74) is 1.33. The molecule has 0 spiro atoms. The van der Waals surface area contributed by atoms with Crippen LogP contribution in [-0.2, 0) is 0 Å². The Morgan fingerprint density at radius 3 is 2.91 bits per heavy atom. The highest BCUT2D eigenvalue weighted by molar-refractivity contribution is 7.99. The van der Waals surface area contributed by atoms with E-state index in [4.69, 9.17) is 21.1 Å². The molecule has 112 valence electrons. The minimum atomic E-state index is -0.133. The van der Waals surface area contributed by atoms with Crippen LogP contribution in [0.5, 0.6) is 11.5 Å². The third-order valence-corrected chi connectivity index (χ3v) is 4.56. The number of halogens is 1. The lowest BCUT2D eigenvalue weighted by molar-refractivity contribution is 0.104. The van der Waals surface area contributed by atoms with Crippen molar-refractivity contribution in [2.45, 2.75) is 4.90 Å². The van der Waals surface area contributed by atoms with E-state index in [2.05, 4.69) is 0 Å². The van der Waals surface area contributed by atoms with Gasteiger partial charge in [-0.25, -0.2) is 0 Å². The molecule has 0 saturated heterocycles. The smallest absolute Gasteiger partial charge is 0.190 e. The van der Waals surface area contributed by atoms with Crippen LogP contribution in [0.3, 0.4) is 0 Å². The molecule has 3 rings (SSSR count). The van der Waals surface area contributed by atoms with Crippen molar-refractivity contribution in [3.63, 3.8) is 0 Å².